The molecule has 3 rings (SSSR count). The molecule has 0 amide bonds. The quantitative estimate of drug-likeness (QED) is 0.863. The van der Waals surface area contributed by atoms with E-state index in [9.17, 15) is 0 Å². The third-order valence-corrected chi connectivity index (χ3v) is 5.52. The monoisotopic (exact) mass is 279 g/mol. The van der Waals surface area contributed by atoms with Crippen LogP contribution in [0.25, 0.3) is 0 Å². The molecule has 4 heteroatoms. The van der Waals surface area contributed by atoms with E-state index in [-0.39, 0.29) is 0 Å². The predicted octanol–water partition coefficient (Wildman–Crippen LogP) is 3.51. The molecule has 106 valence electrons. The van der Waals surface area contributed by atoms with E-state index in [1.54, 1.807) is 0 Å². The lowest BCUT2D eigenvalue weighted by Gasteiger charge is -2.21. The van der Waals surface area contributed by atoms with E-state index in [0.717, 1.165) is 6.04 Å². The summed E-state index contributed by atoms with van der Waals surface area (Å²) in [7, 11) is 2.08. The average molecular weight is 279 g/mol. The van der Waals surface area contributed by atoms with Crippen molar-refractivity contribution in [2.75, 3.05) is 18.5 Å². The summed E-state index contributed by atoms with van der Waals surface area (Å²) in [5.41, 5.74) is 1.37. The Morgan fingerprint density at radius 3 is 2.89 bits per heavy atom. The number of aromatic nitrogens is 1. The summed E-state index contributed by atoms with van der Waals surface area (Å²) in [4.78, 5) is 9.06. The van der Waals surface area contributed by atoms with E-state index in [1.807, 2.05) is 11.3 Å². The van der Waals surface area contributed by atoms with E-state index in [0.29, 0.717) is 6.04 Å². The van der Waals surface area contributed by atoms with Crippen LogP contribution in [0, 0.1) is 0 Å². The minimum Gasteiger partial charge on any atom is -0.345 e. The highest BCUT2D eigenvalue weighted by molar-refractivity contribution is 7.15. The fourth-order valence-corrected chi connectivity index (χ4v) is 4.31. The van der Waals surface area contributed by atoms with Gasteiger partial charge >= 0.3 is 0 Å². The van der Waals surface area contributed by atoms with Crippen LogP contribution in [0.3, 0.4) is 0 Å². The Kier molecular flexibility index (Phi) is 4.08. The van der Waals surface area contributed by atoms with E-state index >= 15 is 0 Å². The SMILES string of the molecule is CCCCN(c1nc2c(s1)C(NC)CCC2)C1CC1. The number of hydrogen-bond acceptors (Lipinski definition) is 4. The normalized spacial score (nSPS) is 22.3. The van der Waals surface area contributed by atoms with E-state index in [4.69, 9.17) is 4.98 Å². The molecule has 0 aliphatic heterocycles. The third-order valence-electron chi connectivity index (χ3n) is 4.27. The van der Waals surface area contributed by atoms with Crippen LogP contribution in [0.1, 0.15) is 62.1 Å². The van der Waals surface area contributed by atoms with Crippen molar-refractivity contribution in [3.8, 4) is 0 Å². The van der Waals surface area contributed by atoms with E-state index in [2.05, 4.69) is 24.2 Å². The van der Waals surface area contributed by atoms with Crippen LogP contribution in [-0.2, 0) is 6.42 Å². The summed E-state index contributed by atoms with van der Waals surface area (Å²) in [5, 5.41) is 4.75. The van der Waals surface area contributed by atoms with Crippen molar-refractivity contribution >= 4 is 16.5 Å². The molecule has 3 nitrogen and oxygen atoms in total. The van der Waals surface area contributed by atoms with Gasteiger partial charge in [-0.05, 0) is 45.6 Å². The smallest absolute Gasteiger partial charge is 0.186 e. The summed E-state index contributed by atoms with van der Waals surface area (Å²) < 4.78 is 0. The number of hydrogen-bond donors (Lipinski definition) is 1. The third kappa shape index (κ3) is 2.79. The van der Waals surface area contributed by atoms with Gasteiger partial charge in [-0.15, -0.1) is 0 Å². The van der Waals surface area contributed by atoms with Crippen LogP contribution in [-0.4, -0.2) is 24.6 Å². The number of rotatable bonds is 6. The molecule has 1 N–H and O–H groups in total. The molecular weight excluding hydrogens is 254 g/mol. The number of unbranched alkanes of at least 4 members (excludes halogenated alkanes) is 1. The average Bonchev–Trinajstić information content (AvgIpc) is 3.17. The molecule has 0 saturated heterocycles. The minimum absolute atomic E-state index is 0.544. The van der Waals surface area contributed by atoms with Crippen LogP contribution in [0.4, 0.5) is 5.13 Å². The number of thiazole rings is 1. The van der Waals surface area contributed by atoms with Crippen molar-refractivity contribution in [1.29, 1.82) is 0 Å². The molecular formula is C15H25N3S. The van der Waals surface area contributed by atoms with Gasteiger partial charge in [0.05, 0.1) is 5.69 Å². The lowest BCUT2D eigenvalue weighted by Crippen LogP contribution is -2.26. The first-order valence-corrected chi connectivity index (χ1v) is 8.58. The molecule has 2 aliphatic rings. The van der Waals surface area contributed by atoms with E-state index < -0.39 is 0 Å². The molecule has 1 saturated carbocycles. The fraction of sp³-hybridized carbons (Fsp3) is 0.800. The standard InChI is InChI=1S/C15H25N3S/c1-3-4-10-18(11-8-9-11)15-17-13-7-5-6-12(16-2)14(13)19-15/h11-12,16H,3-10H2,1-2H3. The van der Waals surface area contributed by atoms with Crippen molar-refractivity contribution in [2.45, 2.75) is 64.0 Å². The van der Waals surface area contributed by atoms with Gasteiger partial charge in [-0.2, -0.15) is 0 Å². The molecule has 19 heavy (non-hydrogen) atoms. The van der Waals surface area contributed by atoms with E-state index in [1.165, 1.54) is 67.2 Å². The van der Waals surface area contributed by atoms with Crippen LogP contribution in [0.15, 0.2) is 0 Å². The first-order chi connectivity index (χ1) is 9.33. The number of nitrogens with one attached hydrogen (secondary N) is 1. The van der Waals surface area contributed by atoms with Crippen LogP contribution < -0.4 is 10.2 Å². The lowest BCUT2D eigenvalue weighted by atomic mass is 9.98. The first-order valence-electron chi connectivity index (χ1n) is 7.77. The first kappa shape index (κ1) is 13.4. The van der Waals surface area contributed by atoms with Crippen LogP contribution >= 0.6 is 11.3 Å². The highest BCUT2D eigenvalue weighted by Gasteiger charge is 2.32. The maximum atomic E-state index is 4.97. The van der Waals surface area contributed by atoms with Gasteiger partial charge in [-0.1, -0.05) is 24.7 Å². The Bertz CT molecular complexity index is 425. The van der Waals surface area contributed by atoms with Gasteiger partial charge in [0.1, 0.15) is 0 Å². The van der Waals surface area contributed by atoms with Crippen LogP contribution in [0.5, 0.6) is 0 Å². The molecule has 1 fully saturated rings. The second-order valence-electron chi connectivity index (χ2n) is 5.82. The molecule has 1 unspecified atom stereocenters. The molecule has 0 aromatic carbocycles. The molecule has 1 atom stereocenters. The molecule has 1 aromatic heterocycles. The van der Waals surface area contributed by atoms with Crippen LogP contribution in [0.2, 0.25) is 0 Å². The van der Waals surface area contributed by atoms with Crippen molar-refractivity contribution in [3.63, 3.8) is 0 Å². The summed E-state index contributed by atoms with van der Waals surface area (Å²) in [6, 6.07) is 1.33. The second-order valence-corrected chi connectivity index (χ2v) is 6.83. The molecule has 2 aliphatic carbocycles. The van der Waals surface area contributed by atoms with Gasteiger partial charge < -0.3 is 10.2 Å². The number of nitrogens with zero attached hydrogens (tertiary/aromatic N) is 2. The Labute approximate surface area is 120 Å². The molecule has 1 aromatic rings. The van der Waals surface area contributed by atoms with Gasteiger partial charge in [0.15, 0.2) is 5.13 Å². The zero-order valence-electron chi connectivity index (χ0n) is 12.1. The largest absolute Gasteiger partial charge is 0.345 e. The summed E-state index contributed by atoms with van der Waals surface area (Å²) in [5.74, 6) is 0. The predicted molar refractivity (Wildman–Crippen MR) is 82.1 cm³/mol. The van der Waals surface area contributed by atoms with Crippen molar-refractivity contribution in [3.05, 3.63) is 10.6 Å². The van der Waals surface area contributed by atoms with Gasteiger partial charge in [0, 0.05) is 23.5 Å². The fourth-order valence-electron chi connectivity index (χ4n) is 2.95. The Morgan fingerprint density at radius 1 is 1.37 bits per heavy atom. The number of anilines is 1. The second kappa shape index (κ2) is 5.80. The highest BCUT2D eigenvalue weighted by Crippen LogP contribution is 2.40. The maximum absolute atomic E-state index is 4.97. The van der Waals surface area contributed by atoms with Crippen molar-refractivity contribution < 1.29 is 0 Å². The topological polar surface area (TPSA) is 28.2 Å². The van der Waals surface area contributed by atoms with Gasteiger partial charge in [-0.3, -0.25) is 0 Å². The van der Waals surface area contributed by atoms with Gasteiger partial charge in [0.25, 0.3) is 0 Å². The number of aryl methyl sites for hydroxylation is 1. The zero-order chi connectivity index (χ0) is 13.2. The maximum Gasteiger partial charge on any atom is 0.186 e. The Balaban J connectivity index is 1.81. The number of fused-ring (bicyclic) bond motifs is 1. The summed E-state index contributed by atoms with van der Waals surface area (Å²) in [6.07, 6.45) is 9.01. The van der Waals surface area contributed by atoms with Gasteiger partial charge in [-0.25, -0.2) is 4.98 Å². The molecule has 1 heterocycles. The molecule has 0 bridgehead atoms. The van der Waals surface area contributed by atoms with Crippen molar-refractivity contribution in [1.82, 2.24) is 10.3 Å². The Morgan fingerprint density at radius 2 is 2.21 bits per heavy atom. The summed E-state index contributed by atoms with van der Waals surface area (Å²) in [6.45, 7) is 3.47. The lowest BCUT2D eigenvalue weighted by molar-refractivity contribution is 0.501. The zero-order valence-corrected chi connectivity index (χ0v) is 12.9. The minimum atomic E-state index is 0.544. The van der Waals surface area contributed by atoms with Crippen molar-refractivity contribution in [2.24, 2.45) is 0 Å². The molecule has 0 spiro atoms. The Hall–Kier alpha value is -0.610. The summed E-state index contributed by atoms with van der Waals surface area (Å²) >= 11 is 1.95. The molecule has 0 radical (unpaired) electrons. The highest BCUT2D eigenvalue weighted by atomic mass is 32.1. The van der Waals surface area contributed by atoms with Gasteiger partial charge in [0.2, 0.25) is 0 Å².